The molecule has 0 radical (unpaired) electrons. The lowest BCUT2D eigenvalue weighted by atomic mass is 10.2. The van der Waals surface area contributed by atoms with Crippen LogP contribution in [0.5, 0.6) is 0 Å². The van der Waals surface area contributed by atoms with Crippen molar-refractivity contribution in [2.24, 2.45) is 4.99 Å². The summed E-state index contributed by atoms with van der Waals surface area (Å²) in [6, 6.07) is 11.1. The van der Waals surface area contributed by atoms with E-state index in [0.717, 1.165) is 5.56 Å². The number of amides is 1. The number of rotatable bonds is 7. The molecule has 0 saturated heterocycles. The zero-order valence-electron chi connectivity index (χ0n) is 13.5. The largest absolute Gasteiger partial charge is 0.467 e. The SMILES string of the molecule is CCNC(=NCc1ccc(Cl)cc1)NCC(=O)NCc1ccco1. The van der Waals surface area contributed by atoms with Gasteiger partial charge in [0.2, 0.25) is 5.91 Å². The normalized spacial score (nSPS) is 11.2. The van der Waals surface area contributed by atoms with E-state index >= 15 is 0 Å². The second-order valence-electron chi connectivity index (χ2n) is 5.03. The summed E-state index contributed by atoms with van der Waals surface area (Å²) in [6.45, 7) is 3.68. The summed E-state index contributed by atoms with van der Waals surface area (Å²) in [4.78, 5) is 16.3. The molecule has 0 spiro atoms. The molecule has 0 aliphatic rings. The molecule has 0 unspecified atom stereocenters. The Bertz CT molecular complexity index is 654. The van der Waals surface area contributed by atoms with Gasteiger partial charge in [-0.15, -0.1) is 0 Å². The van der Waals surface area contributed by atoms with Gasteiger partial charge in [-0.25, -0.2) is 4.99 Å². The van der Waals surface area contributed by atoms with E-state index in [-0.39, 0.29) is 12.5 Å². The molecule has 7 heteroatoms. The second kappa shape index (κ2) is 9.62. The topological polar surface area (TPSA) is 78.7 Å². The zero-order chi connectivity index (χ0) is 17.2. The van der Waals surface area contributed by atoms with Crippen LogP contribution in [0.25, 0.3) is 0 Å². The van der Waals surface area contributed by atoms with E-state index in [9.17, 15) is 4.79 Å². The lowest BCUT2D eigenvalue weighted by Gasteiger charge is -2.11. The summed E-state index contributed by atoms with van der Waals surface area (Å²) in [6.07, 6.45) is 1.58. The van der Waals surface area contributed by atoms with Crippen molar-refractivity contribution in [3.05, 3.63) is 59.0 Å². The highest BCUT2D eigenvalue weighted by Gasteiger charge is 2.04. The number of nitrogens with zero attached hydrogens (tertiary/aromatic N) is 1. The van der Waals surface area contributed by atoms with Crippen LogP contribution in [-0.4, -0.2) is 25.0 Å². The highest BCUT2D eigenvalue weighted by atomic mass is 35.5. The first-order valence-electron chi connectivity index (χ1n) is 7.73. The first-order valence-corrected chi connectivity index (χ1v) is 8.11. The summed E-state index contributed by atoms with van der Waals surface area (Å²) in [5, 5.41) is 9.57. The van der Waals surface area contributed by atoms with E-state index in [2.05, 4.69) is 20.9 Å². The minimum atomic E-state index is -0.136. The molecule has 2 aromatic rings. The van der Waals surface area contributed by atoms with Crippen LogP contribution < -0.4 is 16.0 Å². The van der Waals surface area contributed by atoms with Gasteiger partial charge in [0, 0.05) is 11.6 Å². The van der Waals surface area contributed by atoms with Gasteiger partial charge in [-0.3, -0.25) is 4.79 Å². The van der Waals surface area contributed by atoms with Crippen LogP contribution in [-0.2, 0) is 17.9 Å². The number of guanidine groups is 1. The molecule has 0 aliphatic carbocycles. The third kappa shape index (κ3) is 6.34. The average Bonchev–Trinajstić information content (AvgIpc) is 3.10. The minimum absolute atomic E-state index is 0.132. The van der Waals surface area contributed by atoms with Crippen molar-refractivity contribution in [1.82, 2.24) is 16.0 Å². The Morgan fingerprint density at radius 3 is 2.62 bits per heavy atom. The highest BCUT2D eigenvalue weighted by Crippen LogP contribution is 2.10. The number of benzene rings is 1. The number of nitrogens with one attached hydrogen (secondary N) is 3. The Morgan fingerprint density at radius 1 is 1.17 bits per heavy atom. The molecule has 128 valence electrons. The van der Waals surface area contributed by atoms with Crippen LogP contribution in [0.2, 0.25) is 5.02 Å². The molecule has 0 saturated carbocycles. The van der Waals surface area contributed by atoms with Crippen LogP contribution in [0.15, 0.2) is 52.1 Å². The fourth-order valence-corrected chi connectivity index (χ4v) is 2.05. The smallest absolute Gasteiger partial charge is 0.239 e. The molecule has 0 atom stereocenters. The number of halogens is 1. The van der Waals surface area contributed by atoms with E-state index < -0.39 is 0 Å². The maximum Gasteiger partial charge on any atom is 0.239 e. The Hall–Kier alpha value is -2.47. The van der Waals surface area contributed by atoms with E-state index in [1.54, 1.807) is 12.3 Å². The molecule has 0 aliphatic heterocycles. The second-order valence-corrected chi connectivity index (χ2v) is 5.47. The van der Waals surface area contributed by atoms with E-state index in [1.807, 2.05) is 37.3 Å². The predicted octanol–water partition coefficient (Wildman–Crippen LogP) is 2.30. The Kier molecular flexibility index (Phi) is 7.17. The summed E-state index contributed by atoms with van der Waals surface area (Å²) < 4.78 is 5.16. The number of carbonyl (C=O) groups is 1. The molecule has 0 fully saturated rings. The standard InChI is InChI=1S/C17H21ClN4O2/c1-2-19-17(21-10-13-5-7-14(18)8-6-13)22-12-16(23)20-11-15-4-3-9-24-15/h3-9H,2,10-12H2,1H3,(H,20,23)(H2,19,21,22). The molecular weight excluding hydrogens is 328 g/mol. The van der Waals surface area contributed by atoms with Crippen molar-refractivity contribution in [2.45, 2.75) is 20.0 Å². The minimum Gasteiger partial charge on any atom is -0.467 e. The molecule has 2 rings (SSSR count). The van der Waals surface area contributed by atoms with Crippen molar-refractivity contribution in [3.63, 3.8) is 0 Å². The molecule has 3 N–H and O–H groups in total. The van der Waals surface area contributed by atoms with Crippen molar-refractivity contribution >= 4 is 23.5 Å². The van der Waals surface area contributed by atoms with Gasteiger partial charge in [0.25, 0.3) is 0 Å². The van der Waals surface area contributed by atoms with Crippen LogP contribution >= 0.6 is 11.6 Å². The van der Waals surface area contributed by atoms with Crippen LogP contribution in [0, 0.1) is 0 Å². The third-order valence-corrected chi connectivity index (χ3v) is 3.39. The van der Waals surface area contributed by atoms with Gasteiger partial charge < -0.3 is 20.4 Å². The number of aliphatic imine (C=N–C) groups is 1. The highest BCUT2D eigenvalue weighted by molar-refractivity contribution is 6.30. The summed E-state index contributed by atoms with van der Waals surface area (Å²) >= 11 is 5.86. The van der Waals surface area contributed by atoms with Gasteiger partial charge in [-0.1, -0.05) is 23.7 Å². The zero-order valence-corrected chi connectivity index (χ0v) is 14.3. The van der Waals surface area contributed by atoms with Crippen LogP contribution in [0.4, 0.5) is 0 Å². The number of furan rings is 1. The molecular formula is C17H21ClN4O2. The van der Waals surface area contributed by atoms with Crippen molar-refractivity contribution in [3.8, 4) is 0 Å². The Morgan fingerprint density at radius 2 is 1.96 bits per heavy atom. The van der Waals surface area contributed by atoms with E-state index in [0.29, 0.717) is 36.4 Å². The lowest BCUT2D eigenvalue weighted by Crippen LogP contribution is -2.43. The lowest BCUT2D eigenvalue weighted by molar-refractivity contribution is -0.120. The van der Waals surface area contributed by atoms with Gasteiger partial charge in [0.05, 0.1) is 25.9 Å². The molecule has 0 bridgehead atoms. The Labute approximate surface area is 146 Å². The molecule has 6 nitrogen and oxygen atoms in total. The average molecular weight is 349 g/mol. The molecule has 24 heavy (non-hydrogen) atoms. The van der Waals surface area contributed by atoms with Crippen molar-refractivity contribution in [1.29, 1.82) is 0 Å². The maximum absolute atomic E-state index is 11.8. The maximum atomic E-state index is 11.8. The predicted molar refractivity (Wildman–Crippen MR) is 94.8 cm³/mol. The van der Waals surface area contributed by atoms with Gasteiger partial charge in [0.1, 0.15) is 5.76 Å². The first kappa shape index (κ1) is 17.9. The van der Waals surface area contributed by atoms with Crippen LogP contribution in [0.1, 0.15) is 18.2 Å². The molecule has 1 heterocycles. The molecule has 1 amide bonds. The quantitative estimate of drug-likeness (QED) is 0.530. The van der Waals surface area contributed by atoms with Gasteiger partial charge in [-0.05, 0) is 36.8 Å². The number of hydrogen-bond acceptors (Lipinski definition) is 3. The summed E-state index contributed by atoms with van der Waals surface area (Å²) in [7, 11) is 0. The van der Waals surface area contributed by atoms with E-state index in [1.165, 1.54) is 0 Å². The van der Waals surface area contributed by atoms with Crippen molar-refractivity contribution in [2.75, 3.05) is 13.1 Å². The van der Waals surface area contributed by atoms with Gasteiger partial charge in [0.15, 0.2) is 5.96 Å². The third-order valence-electron chi connectivity index (χ3n) is 3.13. The van der Waals surface area contributed by atoms with Gasteiger partial charge >= 0.3 is 0 Å². The fraction of sp³-hybridized carbons (Fsp3) is 0.294. The van der Waals surface area contributed by atoms with E-state index in [4.69, 9.17) is 16.0 Å². The number of hydrogen-bond donors (Lipinski definition) is 3. The summed E-state index contributed by atoms with van der Waals surface area (Å²) in [5.74, 6) is 1.16. The molecule has 1 aromatic heterocycles. The Balaban J connectivity index is 1.80. The van der Waals surface area contributed by atoms with Gasteiger partial charge in [-0.2, -0.15) is 0 Å². The summed E-state index contributed by atoms with van der Waals surface area (Å²) in [5.41, 5.74) is 1.04. The van der Waals surface area contributed by atoms with Crippen LogP contribution in [0.3, 0.4) is 0 Å². The monoisotopic (exact) mass is 348 g/mol. The fourth-order valence-electron chi connectivity index (χ4n) is 1.93. The van der Waals surface area contributed by atoms with Crippen molar-refractivity contribution < 1.29 is 9.21 Å². The first-order chi connectivity index (χ1) is 11.7. The molecule has 1 aromatic carbocycles. The number of carbonyl (C=O) groups excluding carboxylic acids is 1.